The maximum Gasteiger partial charge on any atom is 0.267 e. The first-order valence-electron chi connectivity index (χ1n) is 5.35. The van der Waals surface area contributed by atoms with Crippen LogP contribution >= 0.6 is 11.3 Å². The monoisotopic (exact) mass is 275 g/mol. The molecule has 0 amide bonds. The molecule has 1 aliphatic rings. The van der Waals surface area contributed by atoms with Crippen LogP contribution in [0.2, 0.25) is 0 Å². The number of hydrogen-bond donors (Lipinski definition) is 1. The normalized spacial score (nSPS) is 17.5. The van der Waals surface area contributed by atoms with Crippen LogP contribution in [0.25, 0.3) is 0 Å². The highest BCUT2D eigenvalue weighted by Gasteiger charge is 2.24. The number of ketones is 1. The number of aromatic nitrogens is 2. The van der Waals surface area contributed by atoms with Crippen molar-refractivity contribution in [2.24, 2.45) is 11.1 Å². The van der Waals surface area contributed by atoms with Crippen molar-refractivity contribution in [2.75, 3.05) is 0 Å². The number of Topliss-reactive ketones (excluding diaryl/α,β-unsaturated/α-hetero) is 1. The Morgan fingerprint density at radius 1 is 1.35 bits per heavy atom. The van der Waals surface area contributed by atoms with Crippen LogP contribution in [0.15, 0.2) is 4.34 Å². The molecule has 17 heavy (non-hydrogen) atoms. The zero-order valence-corrected chi connectivity index (χ0v) is 10.8. The Balaban J connectivity index is 2.04. The van der Waals surface area contributed by atoms with E-state index in [4.69, 9.17) is 5.14 Å². The zero-order valence-electron chi connectivity index (χ0n) is 9.13. The summed E-state index contributed by atoms with van der Waals surface area (Å²) in [7, 11) is -3.80. The number of nitrogens with zero attached hydrogens (tertiary/aromatic N) is 2. The molecule has 0 aliphatic heterocycles. The third-order valence-corrected chi connectivity index (χ3v) is 5.06. The molecule has 1 aromatic rings. The van der Waals surface area contributed by atoms with Crippen LogP contribution in [0.3, 0.4) is 0 Å². The lowest BCUT2D eigenvalue weighted by molar-refractivity contribution is -0.122. The molecule has 1 aromatic heterocycles. The minimum Gasteiger partial charge on any atom is -0.299 e. The molecule has 0 unspecified atom stereocenters. The minimum atomic E-state index is -3.80. The average molecular weight is 275 g/mol. The Morgan fingerprint density at radius 3 is 2.53 bits per heavy atom. The van der Waals surface area contributed by atoms with E-state index < -0.39 is 10.0 Å². The summed E-state index contributed by atoms with van der Waals surface area (Å²) in [5.74, 6) is 0.233. The topological polar surface area (TPSA) is 103 Å². The predicted octanol–water partition coefficient (Wildman–Crippen LogP) is 0.487. The summed E-state index contributed by atoms with van der Waals surface area (Å²) in [5, 5.41) is 12.5. The molecular weight excluding hydrogens is 262 g/mol. The predicted molar refractivity (Wildman–Crippen MR) is 62.0 cm³/mol. The molecule has 0 radical (unpaired) electrons. The Bertz CT molecular complexity index is 517. The summed E-state index contributed by atoms with van der Waals surface area (Å²) >= 11 is 0.871. The first-order valence-corrected chi connectivity index (χ1v) is 7.71. The maximum atomic E-state index is 11.8. The van der Waals surface area contributed by atoms with Crippen LogP contribution in [0, 0.1) is 5.92 Å². The third-order valence-electron chi connectivity index (χ3n) is 2.83. The van der Waals surface area contributed by atoms with Crippen molar-refractivity contribution in [1.82, 2.24) is 10.2 Å². The van der Waals surface area contributed by atoms with Crippen LogP contribution in [0.4, 0.5) is 0 Å². The molecule has 0 bridgehead atoms. The number of carbonyl (C=O) groups excluding carboxylic acids is 1. The first kappa shape index (κ1) is 12.6. The van der Waals surface area contributed by atoms with Gasteiger partial charge in [0.25, 0.3) is 10.0 Å². The highest BCUT2D eigenvalue weighted by Crippen LogP contribution is 2.27. The standard InChI is InChI=1S/C9H13N3O3S2/c10-17(14,15)9-12-11-8(16-9)5-7(13)6-3-1-2-4-6/h6H,1-5H2,(H2,10,14,15). The Hall–Kier alpha value is -0.860. The van der Waals surface area contributed by atoms with Crippen molar-refractivity contribution in [1.29, 1.82) is 0 Å². The van der Waals surface area contributed by atoms with Crippen molar-refractivity contribution >= 4 is 27.1 Å². The van der Waals surface area contributed by atoms with Crippen molar-refractivity contribution < 1.29 is 13.2 Å². The van der Waals surface area contributed by atoms with E-state index in [9.17, 15) is 13.2 Å². The Morgan fingerprint density at radius 2 is 2.00 bits per heavy atom. The fourth-order valence-corrected chi connectivity index (χ4v) is 3.45. The zero-order chi connectivity index (χ0) is 12.5. The molecular formula is C9H13N3O3S2. The fraction of sp³-hybridized carbons (Fsp3) is 0.667. The van der Waals surface area contributed by atoms with Gasteiger partial charge in [0, 0.05) is 5.92 Å². The van der Waals surface area contributed by atoms with Crippen LogP contribution in [0.5, 0.6) is 0 Å². The smallest absolute Gasteiger partial charge is 0.267 e. The summed E-state index contributed by atoms with van der Waals surface area (Å²) in [6, 6.07) is 0. The molecule has 2 rings (SSSR count). The van der Waals surface area contributed by atoms with Gasteiger partial charge in [0.1, 0.15) is 10.8 Å². The van der Waals surface area contributed by atoms with E-state index in [1.54, 1.807) is 0 Å². The Kier molecular flexibility index (Phi) is 3.55. The van der Waals surface area contributed by atoms with Gasteiger partial charge >= 0.3 is 0 Å². The van der Waals surface area contributed by atoms with E-state index in [0.717, 1.165) is 37.0 Å². The largest absolute Gasteiger partial charge is 0.299 e. The van der Waals surface area contributed by atoms with Gasteiger partial charge in [-0.05, 0) is 12.8 Å². The average Bonchev–Trinajstić information content (AvgIpc) is 2.85. The molecule has 8 heteroatoms. The molecule has 1 heterocycles. The van der Waals surface area contributed by atoms with E-state index in [1.807, 2.05) is 0 Å². The van der Waals surface area contributed by atoms with Gasteiger partial charge in [0.05, 0.1) is 6.42 Å². The lowest BCUT2D eigenvalue weighted by atomic mass is 10.0. The summed E-state index contributed by atoms with van der Waals surface area (Å²) in [6.07, 6.45) is 4.21. The lowest BCUT2D eigenvalue weighted by Gasteiger charge is -2.04. The first-order chi connectivity index (χ1) is 7.97. The van der Waals surface area contributed by atoms with Gasteiger partial charge in [0.15, 0.2) is 0 Å². The molecule has 0 atom stereocenters. The summed E-state index contributed by atoms with van der Waals surface area (Å²) in [4.78, 5) is 11.8. The fourth-order valence-electron chi connectivity index (χ4n) is 1.97. The van der Waals surface area contributed by atoms with Gasteiger partial charge in [-0.2, -0.15) is 0 Å². The third kappa shape index (κ3) is 3.08. The summed E-state index contributed by atoms with van der Waals surface area (Å²) in [5.41, 5.74) is 0. The second kappa shape index (κ2) is 4.79. The van der Waals surface area contributed by atoms with E-state index in [1.165, 1.54) is 0 Å². The Labute approximate surface area is 103 Å². The van der Waals surface area contributed by atoms with Crippen molar-refractivity contribution in [2.45, 2.75) is 36.4 Å². The van der Waals surface area contributed by atoms with Gasteiger partial charge in [0.2, 0.25) is 4.34 Å². The molecule has 1 saturated carbocycles. The molecule has 1 fully saturated rings. The van der Waals surface area contributed by atoms with E-state index in [-0.39, 0.29) is 22.5 Å². The second-order valence-electron chi connectivity index (χ2n) is 4.13. The van der Waals surface area contributed by atoms with Gasteiger partial charge in [-0.15, -0.1) is 10.2 Å². The molecule has 2 N–H and O–H groups in total. The van der Waals surface area contributed by atoms with Crippen molar-refractivity contribution in [3.05, 3.63) is 5.01 Å². The van der Waals surface area contributed by atoms with Crippen molar-refractivity contribution in [3.63, 3.8) is 0 Å². The summed E-state index contributed by atoms with van der Waals surface area (Å²) < 4.78 is 21.7. The second-order valence-corrected chi connectivity index (χ2v) is 6.93. The van der Waals surface area contributed by atoms with E-state index in [2.05, 4.69) is 10.2 Å². The lowest BCUT2D eigenvalue weighted by Crippen LogP contribution is -2.13. The number of rotatable bonds is 4. The van der Waals surface area contributed by atoms with Gasteiger partial charge in [-0.3, -0.25) is 4.79 Å². The molecule has 94 valence electrons. The maximum absolute atomic E-state index is 11.8. The molecule has 6 nitrogen and oxygen atoms in total. The molecule has 0 aromatic carbocycles. The quantitative estimate of drug-likeness (QED) is 0.861. The highest BCUT2D eigenvalue weighted by atomic mass is 32.2. The van der Waals surface area contributed by atoms with Crippen LogP contribution in [-0.4, -0.2) is 24.4 Å². The van der Waals surface area contributed by atoms with Crippen LogP contribution < -0.4 is 5.14 Å². The van der Waals surface area contributed by atoms with Gasteiger partial charge in [-0.25, -0.2) is 13.6 Å². The minimum absolute atomic E-state index is 0.108. The van der Waals surface area contributed by atoms with E-state index in [0.29, 0.717) is 5.01 Å². The van der Waals surface area contributed by atoms with Gasteiger partial charge < -0.3 is 0 Å². The number of primary sulfonamides is 1. The summed E-state index contributed by atoms with van der Waals surface area (Å²) in [6.45, 7) is 0. The molecule has 1 aliphatic carbocycles. The molecule has 0 saturated heterocycles. The molecule has 0 spiro atoms. The van der Waals surface area contributed by atoms with Crippen molar-refractivity contribution in [3.8, 4) is 0 Å². The van der Waals surface area contributed by atoms with Gasteiger partial charge in [-0.1, -0.05) is 24.2 Å². The highest BCUT2D eigenvalue weighted by molar-refractivity contribution is 7.91. The number of nitrogens with two attached hydrogens (primary N) is 1. The SMILES string of the molecule is NS(=O)(=O)c1nnc(CC(=O)C2CCCC2)s1. The number of hydrogen-bond acceptors (Lipinski definition) is 6. The van der Waals surface area contributed by atoms with Crippen LogP contribution in [-0.2, 0) is 21.2 Å². The number of sulfonamides is 1. The number of carbonyl (C=O) groups is 1. The van der Waals surface area contributed by atoms with Crippen LogP contribution in [0.1, 0.15) is 30.7 Å². The van der Waals surface area contributed by atoms with E-state index >= 15 is 0 Å².